The number of carbonyl (C=O) groups excluding carboxylic acids is 1. The van der Waals surface area contributed by atoms with Crippen LogP contribution in [0.2, 0.25) is 0 Å². The summed E-state index contributed by atoms with van der Waals surface area (Å²) in [5.41, 5.74) is 1.63. The summed E-state index contributed by atoms with van der Waals surface area (Å²) in [4.78, 5) is 24.8. The molecule has 0 spiro atoms. The SMILES string of the molecule is CCOc1cc(-c2ccc(N3CCC(COCCN4CCN(C)CC4)(NC(=O)c4cc(F)ccc4F)CC3)nc2)c2c(C#N)cnn2c1. The Morgan fingerprint density at radius 3 is 2.56 bits per heavy atom. The lowest BCUT2D eigenvalue weighted by Crippen LogP contribution is -2.58. The smallest absolute Gasteiger partial charge is 0.254 e. The minimum absolute atomic E-state index is 0.252. The third-order valence-corrected chi connectivity index (χ3v) is 9.20. The Morgan fingerprint density at radius 1 is 1.06 bits per heavy atom. The minimum Gasteiger partial charge on any atom is -0.492 e. The van der Waals surface area contributed by atoms with Gasteiger partial charge >= 0.3 is 0 Å². The van der Waals surface area contributed by atoms with Crippen LogP contribution in [0.4, 0.5) is 14.6 Å². The van der Waals surface area contributed by atoms with Gasteiger partial charge in [0.25, 0.3) is 5.91 Å². The number of nitrogens with one attached hydrogen (secondary N) is 1. The van der Waals surface area contributed by atoms with Crippen molar-refractivity contribution in [2.75, 3.05) is 77.6 Å². The summed E-state index contributed by atoms with van der Waals surface area (Å²) in [6, 6.07) is 10.9. The number of likely N-dealkylation sites (N-methyl/N-ethyl adjacent to an activating group) is 1. The van der Waals surface area contributed by atoms with E-state index in [0.29, 0.717) is 56.0 Å². The van der Waals surface area contributed by atoms with Gasteiger partial charge in [-0.3, -0.25) is 9.69 Å². The van der Waals surface area contributed by atoms with Crippen molar-refractivity contribution in [3.8, 4) is 22.9 Å². The van der Waals surface area contributed by atoms with Crippen LogP contribution in [0.3, 0.4) is 0 Å². The normalized spacial score (nSPS) is 16.9. The summed E-state index contributed by atoms with van der Waals surface area (Å²) in [7, 11) is 2.11. The number of piperidine rings is 1. The zero-order valence-corrected chi connectivity index (χ0v) is 27.3. The number of nitriles is 1. The lowest BCUT2D eigenvalue weighted by atomic mass is 9.87. The van der Waals surface area contributed by atoms with Gasteiger partial charge in [-0.1, -0.05) is 0 Å². The van der Waals surface area contributed by atoms with Crippen molar-refractivity contribution in [3.63, 3.8) is 0 Å². The van der Waals surface area contributed by atoms with Gasteiger partial charge in [-0.05, 0) is 63.2 Å². The summed E-state index contributed by atoms with van der Waals surface area (Å²) in [5.74, 6) is -0.718. The quantitative estimate of drug-likeness (QED) is 0.239. The molecule has 252 valence electrons. The summed E-state index contributed by atoms with van der Waals surface area (Å²) in [6.45, 7) is 9.04. The predicted molar refractivity (Wildman–Crippen MR) is 177 cm³/mol. The van der Waals surface area contributed by atoms with Crippen molar-refractivity contribution in [2.45, 2.75) is 25.3 Å². The average Bonchev–Trinajstić information content (AvgIpc) is 3.52. The molecular weight excluding hydrogens is 618 g/mol. The van der Waals surface area contributed by atoms with Crippen LogP contribution in [0.5, 0.6) is 5.75 Å². The predicted octanol–water partition coefficient (Wildman–Crippen LogP) is 3.98. The van der Waals surface area contributed by atoms with Crippen molar-refractivity contribution in [3.05, 3.63) is 77.8 Å². The van der Waals surface area contributed by atoms with E-state index < -0.39 is 23.1 Å². The number of hydrogen-bond donors (Lipinski definition) is 1. The van der Waals surface area contributed by atoms with E-state index in [2.05, 4.69) is 38.2 Å². The van der Waals surface area contributed by atoms with E-state index in [1.54, 1.807) is 16.9 Å². The average molecular weight is 659 g/mol. The van der Waals surface area contributed by atoms with E-state index in [9.17, 15) is 18.8 Å². The third kappa shape index (κ3) is 7.41. The molecule has 0 radical (unpaired) electrons. The van der Waals surface area contributed by atoms with E-state index in [-0.39, 0.29) is 12.2 Å². The number of halogens is 2. The Hall–Kier alpha value is -4.64. The molecule has 13 heteroatoms. The van der Waals surface area contributed by atoms with Crippen LogP contribution in [0.15, 0.2) is 55.0 Å². The van der Waals surface area contributed by atoms with Gasteiger partial charge in [0.2, 0.25) is 0 Å². The molecule has 2 saturated heterocycles. The number of pyridine rings is 2. The number of amides is 1. The number of piperazine rings is 1. The Labute approximate surface area is 278 Å². The Morgan fingerprint density at radius 2 is 1.85 bits per heavy atom. The van der Waals surface area contributed by atoms with Crippen molar-refractivity contribution < 1.29 is 23.0 Å². The number of nitrogens with zero attached hydrogens (tertiary/aromatic N) is 7. The van der Waals surface area contributed by atoms with E-state index in [4.69, 9.17) is 14.5 Å². The second-order valence-corrected chi connectivity index (χ2v) is 12.4. The maximum absolute atomic E-state index is 14.5. The molecule has 11 nitrogen and oxygen atoms in total. The lowest BCUT2D eigenvalue weighted by Gasteiger charge is -2.42. The second-order valence-electron chi connectivity index (χ2n) is 12.4. The Bertz CT molecular complexity index is 1780. The molecule has 1 N–H and O–H groups in total. The summed E-state index contributed by atoms with van der Waals surface area (Å²) in [5, 5.41) is 17.0. The lowest BCUT2D eigenvalue weighted by molar-refractivity contribution is 0.0329. The molecule has 48 heavy (non-hydrogen) atoms. The number of hydrogen-bond acceptors (Lipinski definition) is 9. The fourth-order valence-corrected chi connectivity index (χ4v) is 6.36. The third-order valence-electron chi connectivity index (χ3n) is 9.20. The first-order valence-corrected chi connectivity index (χ1v) is 16.3. The number of anilines is 1. The molecule has 1 aromatic carbocycles. The first-order chi connectivity index (χ1) is 23.3. The van der Waals surface area contributed by atoms with E-state index in [1.165, 1.54) is 6.20 Å². The van der Waals surface area contributed by atoms with Gasteiger partial charge in [-0.2, -0.15) is 10.4 Å². The van der Waals surface area contributed by atoms with E-state index in [1.807, 2.05) is 25.1 Å². The highest BCUT2D eigenvalue weighted by Crippen LogP contribution is 2.32. The molecule has 0 atom stereocenters. The van der Waals surface area contributed by atoms with Crippen LogP contribution in [0.25, 0.3) is 16.6 Å². The first kappa shape index (κ1) is 33.3. The van der Waals surface area contributed by atoms with Crippen molar-refractivity contribution in [2.24, 2.45) is 0 Å². The molecule has 2 aliphatic heterocycles. The van der Waals surface area contributed by atoms with Crippen LogP contribution in [-0.2, 0) is 4.74 Å². The maximum Gasteiger partial charge on any atom is 0.254 e. The summed E-state index contributed by atoms with van der Waals surface area (Å²) < 4.78 is 42.0. The summed E-state index contributed by atoms with van der Waals surface area (Å²) in [6.07, 6.45) is 6.10. The van der Waals surface area contributed by atoms with Crippen LogP contribution < -0.4 is 15.0 Å². The highest BCUT2D eigenvalue weighted by atomic mass is 19.1. The van der Waals surface area contributed by atoms with Crippen LogP contribution in [0.1, 0.15) is 35.7 Å². The van der Waals surface area contributed by atoms with Crippen LogP contribution in [-0.4, -0.2) is 109 Å². The molecule has 4 aromatic rings. The molecule has 1 amide bonds. The molecule has 3 aromatic heterocycles. The van der Waals surface area contributed by atoms with Gasteiger partial charge in [-0.25, -0.2) is 18.3 Å². The Balaban J connectivity index is 1.16. The largest absolute Gasteiger partial charge is 0.492 e. The van der Waals surface area contributed by atoms with Gasteiger partial charge in [0.15, 0.2) is 0 Å². The monoisotopic (exact) mass is 658 g/mol. The maximum atomic E-state index is 14.5. The number of benzene rings is 1. The Kier molecular flexibility index (Phi) is 10.1. The van der Waals surface area contributed by atoms with Crippen LogP contribution in [0, 0.1) is 23.0 Å². The van der Waals surface area contributed by atoms with Gasteiger partial charge in [0, 0.05) is 63.1 Å². The minimum atomic E-state index is -0.774. The fraction of sp³-hybridized carbons (Fsp3) is 0.429. The van der Waals surface area contributed by atoms with E-state index >= 15 is 0 Å². The molecule has 0 unspecified atom stereocenters. The summed E-state index contributed by atoms with van der Waals surface area (Å²) >= 11 is 0. The fourth-order valence-electron chi connectivity index (χ4n) is 6.36. The van der Waals surface area contributed by atoms with Crippen LogP contribution >= 0.6 is 0 Å². The van der Waals surface area contributed by atoms with Gasteiger partial charge < -0.3 is 24.6 Å². The van der Waals surface area contributed by atoms with Crippen molar-refractivity contribution in [1.29, 1.82) is 5.26 Å². The zero-order chi connectivity index (χ0) is 33.7. The first-order valence-electron chi connectivity index (χ1n) is 16.3. The molecule has 6 rings (SSSR count). The molecule has 5 heterocycles. The molecule has 2 fully saturated rings. The molecule has 0 aliphatic carbocycles. The van der Waals surface area contributed by atoms with Crippen molar-refractivity contribution >= 4 is 17.2 Å². The van der Waals surface area contributed by atoms with Crippen molar-refractivity contribution in [1.82, 2.24) is 29.7 Å². The number of fused-ring (bicyclic) bond motifs is 1. The van der Waals surface area contributed by atoms with E-state index in [0.717, 1.165) is 67.9 Å². The highest BCUT2D eigenvalue weighted by molar-refractivity contribution is 5.95. The molecular formula is C35H40F2N8O3. The van der Waals surface area contributed by atoms with Gasteiger partial charge in [0.05, 0.1) is 54.4 Å². The number of aromatic nitrogens is 3. The number of rotatable bonds is 11. The van der Waals surface area contributed by atoms with Gasteiger partial charge in [-0.15, -0.1) is 0 Å². The second kappa shape index (κ2) is 14.6. The van der Waals surface area contributed by atoms with Gasteiger partial charge in [0.1, 0.15) is 29.3 Å². The molecule has 0 bridgehead atoms. The number of carbonyl (C=O) groups is 1. The zero-order valence-electron chi connectivity index (χ0n) is 27.3. The number of ether oxygens (including phenoxy) is 2. The molecule has 0 saturated carbocycles. The standard InChI is InChI=1S/C35H40F2N8O3/c1-3-48-28-19-29(33-26(20-38)22-40-45(33)23-28)25-4-7-32(39-21-25)44-10-8-35(9-11-44,24-47-17-16-43-14-12-42(2)13-15-43)41-34(46)30-18-27(36)5-6-31(30)37/h4-7,18-19,21-23H,3,8-17,24H2,1-2H3,(H,41,46). The highest BCUT2D eigenvalue weighted by Gasteiger charge is 2.37. The molecule has 2 aliphatic rings. The topological polar surface area (TPSA) is 111 Å².